The first-order valence-electron chi connectivity index (χ1n) is 9.70. The molecule has 4 rings (SSSR count). The molecule has 0 saturated carbocycles. The first-order chi connectivity index (χ1) is 15.1. The van der Waals surface area contributed by atoms with Crippen LogP contribution in [0.5, 0.6) is 0 Å². The number of rotatable bonds is 6. The van der Waals surface area contributed by atoms with Gasteiger partial charge in [0, 0.05) is 29.8 Å². The minimum Gasteiger partial charge on any atom is -0.444 e. The summed E-state index contributed by atoms with van der Waals surface area (Å²) in [5.74, 6) is -0.518. The van der Waals surface area contributed by atoms with Gasteiger partial charge < -0.3 is 10.1 Å². The molecule has 0 bridgehead atoms. The summed E-state index contributed by atoms with van der Waals surface area (Å²) in [6, 6.07) is 21.3. The first-order valence-corrected chi connectivity index (χ1v) is 9.70. The highest BCUT2D eigenvalue weighted by atomic mass is 16.5. The fraction of sp³-hybridized carbons (Fsp3) is 0.0833. The van der Waals surface area contributed by atoms with Crippen LogP contribution in [0.3, 0.4) is 0 Å². The van der Waals surface area contributed by atoms with Gasteiger partial charge in [0.25, 0.3) is 5.91 Å². The molecular formula is C24H20N4O3. The van der Waals surface area contributed by atoms with Crippen LogP contribution >= 0.6 is 0 Å². The minimum atomic E-state index is -1.11. The van der Waals surface area contributed by atoms with Crippen molar-refractivity contribution in [2.24, 2.45) is 0 Å². The highest BCUT2D eigenvalue weighted by molar-refractivity contribution is 5.98. The molecule has 1 unspecified atom stereocenters. The molecule has 4 aromatic rings. The number of nitrogens with one attached hydrogen (secondary N) is 1. The summed E-state index contributed by atoms with van der Waals surface area (Å²) >= 11 is 0. The standard InChI is InChI=1S/C24H20N4O3/c1-17-8-11-20(12-9-17)27-23(29)22(18-6-3-2-4-7-18)31-24(30)19-10-13-21(25-16-19)28-15-5-14-26-28/h2-16,22H,1H3,(H,27,29). The van der Waals surface area contributed by atoms with Gasteiger partial charge in [0.1, 0.15) is 0 Å². The Hall–Kier alpha value is -4.26. The van der Waals surface area contributed by atoms with Crippen molar-refractivity contribution in [3.8, 4) is 5.82 Å². The van der Waals surface area contributed by atoms with Gasteiger partial charge in [0.15, 0.2) is 5.82 Å². The van der Waals surface area contributed by atoms with E-state index in [-0.39, 0.29) is 5.56 Å². The van der Waals surface area contributed by atoms with E-state index < -0.39 is 18.0 Å². The number of carbonyl (C=O) groups is 2. The Morgan fingerprint density at radius 1 is 0.968 bits per heavy atom. The summed E-state index contributed by atoms with van der Waals surface area (Å²) in [4.78, 5) is 30.0. The zero-order valence-corrected chi connectivity index (χ0v) is 16.8. The van der Waals surface area contributed by atoms with E-state index in [1.165, 1.54) is 6.20 Å². The molecule has 1 N–H and O–H groups in total. The third kappa shape index (κ3) is 4.84. The van der Waals surface area contributed by atoms with Crippen molar-refractivity contribution in [3.05, 3.63) is 108 Å². The topological polar surface area (TPSA) is 86.1 Å². The predicted molar refractivity (Wildman–Crippen MR) is 116 cm³/mol. The molecule has 7 nitrogen and oxygen atoms in total. The monoisotopic (exact) mass is 412 g/mol. The fourth-order valence-corrected chi connectivity index (χ4v) is 2.97. The summed E-state index contributed by atoms with van der Waals surface area (Å²) in [5.41, 5.74) is 2.51. The number of esters is 1. The second-order valence-corrected chi connectivity index (χ2v) is 6.91. The lowest BCUT2D eigenvalue weighted by Crippen LogP contribution is -2.26. The maximum absolute atomic E-state index is 13.0. The summed E-state index contributed by atoms with van der Waals surface area (Å²) in [6.45, 7) is 1.96. The quantitative estimate of drug-likeness (QED) is 0.482. The van der Waals surface area contributed by atoms with E-state index in [1.807, 2.05) is 25.1 Å². The van der Waals surface area contributed by atoms with Crippen molar-refractivity contribution in [2.45, 2.75) is 13.0 Å². The molecule has 0 saturated heterocycles. The van der Waals surface area contributed by atoms with Gasteiger partial charge in [0.05, 0.1) is 5.56 Å². The van der Waals surface area contributed by atoms with Crippen molar-refractivity contribution in [3.63, 3.8) is 0 Å². The van der Waals surface area contributed by atoms with Gasteiger partial charge in [-0.25, -0.2) is 14.5 Å². The molecule has 2 heterocycles. The molecule has 0 aliphatic heterocycles. The van der Waals surface area contributed by atoms with Crippen LogP contribution < -0.4 is 5.32 Å². The number of pyridine rings is 1. The molecule has 0 spiro atoms. The van der Waals surface area contributed by atoms with Crippen LogP contribution in [0, 0.1) is 6.92 Å². The lowest BCUT2D eigenvalue weighted by molar-refractivity contribution is -0.125. The largest absolute Gasteiger partial charge is 0.444 e. The SMILES string of the molecule is Cc1ccc(NC(=O)C(OC(=O)c2ccc(-n3cccn3)nc2)c2ccccc2)cc1. The molecule has 0 aliphatic carbocycles. The highest BCUT2D eigenvalue weighted by Gasteiger charge is 2.26. The van der Waals surface area contributed by atoms with Crippen LogP contribution in [0.1, 0.15) is 27.6 Å². The van der Waals surface area contributed by atoms with Gasteiger partial charge in [0.2, 0.25) is 6.10 Å². The van der Waals surface area contributed by atoms with Crippen molar-refractivity contribution in [1.82, 2.24) is 14.8 Å². The van der Waals surface area contributed by atoms with Gasteiger partial charge >= 0.3 is 5.97 Å². The lowest BCUT2D eigenvalue weighted by atomic mass is 10.1. The average Bonchev–Trinajstić information content (AvgIpc) is 3.34. The van der Waals surface area contributed by atoms with Crippen molar-refractivity contribution in [2.75, 3.05) is 5.32 Å². The summed E-state index contributed by atoms with van der Waals surface area (Å²) in [6.07, 6.45) is 3.68. The summed E-state index contributed by atoms with van der Waals surface area (Å²) < 4.78 is 7.18. The van der Waals surface area contributed by atoms with Gasteiger partial charge in [-0.3, -0.25) is 4.79 Å². The smallest absolute Gasteiger partial charge is 0.340 e. The van der Waals surface area contributed by atoms with E-state index in [0.29, 0.717) is 17.1 Å². The zero-order chi connectivity index (χ0) is 21.6. The van der Waals surface area contributed by atoms with Crippen LogP contribution in [0.15, 0.2) is 91.4 Å². The number of benzene rings is 2. The highest BCUT2D eigenvalue weighted by Crippen LogP contribution is 2.22. The Balaban J connectivity index is 1.53. The number of amides is 1. The Morgan fingerprint density at radius 3 is 2.39 bits per heavy atom. The van der Waals surface area contributed by atoms with Gasteiger partial charge in [-0.1, -0.05) is 48.0 Å². The predicted octanol–water partition coefficient (Wildman–Crippen LogP) is 4.11. The van der Waals surface area contributed by atoms with E-state index in [1.54, 1.807) is 71.7 Å². The first kappa shape index (κ1) is 20.0. The number of nitrogens with zero attached hydrogens (tertiary/aromatic N) is 3. The van der Waals surface area contributed by atoms with E-state index in [0.717, 1.165) is 5.56 Å². The molecule has 1 atom stereocenters. The summed E-state index contributed by atoms with van der Waals surface area (Å²) in [5, 5.41) is 6.91. The molecule has 0 fully saturated rings. The van der Waals surface area contributed by atoms with E-state index in [4.69, 9.17) is 4.74 Å². The third-order valence-corrected chi connectivity index (χ3v) is 4.61. The molecular weight excluding hydrogens is 392 g/mol. The molecule has 7 heteroatoms. The lowest BCUT2D eigenvalue weighted by Gasteiger charge is -2.18. The normalized spacial score (nSPS) is 11.5. The Labute approximate surface area is 179 Å². The van der Waals surface area contributed by atoms with E-state index in [2.05, 4.69) is 15.4 Å². The second-order valence-electron chi connectivity index (χ2n) is 6.91. The molecule has 31 heavy (non-hydrogen) atoms. The van der Waals surface area contributed by atoms with Crippen molar-refractivity contribution in [1.29, 1.82) is 0 Å². The number of aromatic nitrogens is 3. The molecule has 0 aliphatic rings. The maximum Gasteiger partial charge on any atom is 0.340 e. The second kappa shape index (κ2) is 9.04. The van der Waals surface area contributed by atoms with Crippen LogP contribution in [0.2, 0.25) is 0 Å². The Kier molecular flexibility index (Phi) is 5.84. The molecule has 0 radical (unpaired) electrons. The number of hydrogen-bond acceptors (Lipinski definition) is 5. The van der Waals surface area contributed by atoms with Gasteiger partial charge in [-0.05, 0) is 37.3 Å². The number of hydrogen-bond donors (Lipinski definition) is 1. The Morgan fingerprint density at radius 2 is 1.74 bits per heavy atom. The summed E-state index contributed by atoms with van der Waals surface area (Å²) in [7, 11) is 0. The number of carbonyl (C=O) groups excluding carboxylic acids is 2. The molecule has 2 aromatic carbocycles. The van der Waals surface area contributed by atoms with Crippen LogP contribution in [-0.2, 0) is 9.53 Å². The maximum atomic E-state index is 13.0. The molecule has 1 amide bonds. The molecule has 154 valence electrons. The van der Waals surface area contributed by atoms with Crippen LogP contribution in [0.25, 0.3) is 5.82 Å². The number of anilines is 1. The van der Waals surface area contributed by atoms with E-state index in [9.17, 15) is 9.59 Å². The van der Waals surface area contributed by atoms with Crippen molar-refractivity contribution >= 4 is 17.6 Å². The minimum absolute atomic E-state index is 0.236. The third-order valence-electron chi connectivity index (χ3n) is 4.61. The molecule has 2 aromatic heterocycles. The van der Waals surface area contributed by atoms with Gasteiger partial charge in [-0.15, -0.1) is 0 Å². The van der Waals surface area contributed by atoms with Crippen LogP contribution in [-0.4, -0.2) is 26.6 Å². The zero-order valence-electron chi connectivity index (χ0n) is 16.8. The van der Waals surface area contributed by atoms with Crippen molar-refractivity contribution < 1.29 is 14.3 Å². The Bertz CT molecular complexity index is 1160. The van der Waals surface area contributed by atoms with Gasteiger partial charge in [-0.2, -0.15) is 5.10 Å². The van der Waals surface area contributed by atoms with Crippen LogP contribution in [0.4, 0.5) is 5.69 Å². The van der Waals surface area contributed by atoms with E-state index >= 15 is 0 Å². The average molecular weight is 412 g/mol. The fourth-order valence-electron chi connectivity index (χ4n) is 2.97. The number of ether oxygens (including phenoxy) is 1. The number of aryl methyl sites for hydroxylation is 1.